The first-order valence-corrected chi connectivity index (χ1v) is 12.2. The number of allylic oxidation sites excluding steroid dienone is 2. The minimum atomic E-state index is -3.09. The van der Waals surface area contributed by atoms with Gasteiger partial charge in [-0.2, -0.15) is 0 Å². The van der Waals surface area contributed by atoms with Crippen LogP contribution in [0.1, 0.15) is 37.3 Å². The maximum Gasteiger partial charge on any atom is 0.205 e. The van der Waals surface area contributed by atoms with Gasteiger partial charge in [0.2, 0.25) is 7.29 Å². The van der Waals surface area contributed by atoms with Gasteiger partial charge in [0, 0.05) is 10.6 Å². The van der Waals surface area contributed by atoms with Crippen LogP contribution in [0.15, 0.2) is 103 Å². The molecule has 1 atom stereocenters. The molecule has 3 aromatic rings. The second-order valence-electron chi connectivity index (χ2n) is 7.50. The van der Waals surface area contributed by atoms with Crippen LogP contribution in [0.2, 0.25) is 0 Å². The molecule has 0 radical (unpaired) electrons. The first kappa shape index (κ1) is 20.4. The van der Waals surface area contributed by atoms with E-state index in [1.54, 1.807) is 0 Å². The number of hydrogen-bond acceptors (Lipinski definition) is 1. The molecule has 0 aromatic heterocycles. The predicted molar refractivity (Wildman–Crippen MR) is 126 cm³/mol. The number of benzene rings is 3. The highest BCUT2D eigenvalue weighted by atomic mass is 31.2. The molecule has 0 amide bonds. The van der Waals surface area contributed by atoms with Crippen molar-refractivity contribution >= 4 is 17.9 Å². The van der Waals surface area contributed by atoms with Crippen molar-refractivity contribution in [2.75, 3.05) is 0 Å². The van der Waals surface area contributed by atoms with Gasteiger partial charge in [-0.1, -0.05) is 84.6 Å². The van der Waals surface area contributed by atoms with Crippen molar-refractivity contribution < 1.29 is 4.57 Å². The molecule has 3 aromatic carbocycles. The lowest BCUT2D eigenvalue weighted by molar-refractivity contribution is 0.574. The van der Waals surface area contributed by atoms with Gasteiger partial charge >= 0.3 is 0 Å². The summed E-state index contributed by atoms with van der Waals surface area (Å²) in [5, 5.41) is 5.05. The Hall–Kier alpha value is -2.85. The highest BCUT2D eigenvalue weighted by Crippen LogP contribution is 2.41. The summed E-state index contributed by atoms with van der Waals surface area (Å²) in [5.41, 5.74) is 2.21. The smallest absolute Gasteiger partial charge is 0.205 e. The highest BCUT2D eigenvalue weighted by Gasteiger charge is 2.30. The van der Waals surface area contributed by atoms with E-state index in [2.05, 4.69) is 23.0 Å². The van der Waals surface area contributed by atoms with E-state index >= 15 is 0 Å². The van der Waals surface area contributed by atoms with Gasteiger partial charge in [0.15, 0.2) is 0 Å². The van der Waals surface area contributed by atoms with E-state index in [0.29, 0.717) is 0 Å². The largest absolute Gasteiger partial charge is 0.296 e. The van der Waals surface area contributed by atoms with Crippen molar-refractivity contribution in [1.82, 2.24) is 5.09 Å². The Labute approximate surface area is 179 Å². The first-order valence-electron chi connectivity index (χ1n) is 10.5. The van der Waals surface area contributed by atoms with Crippen LogP contribution < -0.4 is 15.7 Å². The molecule has 1 aliphatic rings. The Kier molecular flexibility index (Phi) is 6.65. The number of hydrogen-bond donors (Lipinski definition) is 1. The van der Waals surface area contributed by atoms with Crippen molar-refractivity contribution in [3.8, 4) is 11.8 Å². The molecule has 0 aliphatic heterocycles. The van der Waals surface area contributed by atoms with Gasteiger partial charge in [0.1, 0.15) is 6.04 Å². The fourth-order valence-electron chi connectivity index (χ4n) is 3.71. The van der Waals surface area contributed by atoms with Gasteiger partial charge in [-0.05, 0) is 61.1 Å². The van der Waals surface area contributed by atoms with E-state index in [1.807, 2.05) is 91.0 Å². The topological polar surface area (TPSA) is 29.1 Å². The molecule has 3 heteroatoms. The number of rotatable bonds is 5. The molecule has 0 unspecified atom stereocenters. The van der Waals surface area contributed by atoms with E-state index in [9.17, 15) is 4.57 Å². The third kappa shape index (κ3) is 4.82. The molecule has 2 nitrogen and oxygen atoms in total. The second kappa shape index (κ2) is 9.77. The Balaban J connectivity index is 1.76. The van der Waals surface area contributed by atoms with Gasteiger partial charge in [-0.25, -0.2) is 5.09 Å². The molecule has 0 heterocycles. The molecular formula is C27H26NOP. The fraction of sp³-hybridized carbons (Fsp3) is 0.185. The Morgan fingerprint density at radius 1 is 0.767 bits per heavy atom. The summed E-state index contributed by atoms with van der Waals surface area (Å²) in [6, 6.07) is 29.1. The Morgan fingerprint density at radius 3 is 1.87 bits per heavy atom. The molecule has 0 saturated heterocycles. The van der Waals surface area contributed by atoms with Crippen LogP contribution >= 0.6 is 7.29 Å². The van der Waals surface area contributed by atoms with Gasteiger partial charge in [-0.15, -0.1) is 0 Å². The van der Waals surface area contributed by atoms with Crippen LogP contribution in [0.4, 0.5) is 0 Å². The fourth-order valence-corrected chi connectivity index (χ4v) is 6.07. The summed E-state index contributed by atoms with van der Waals surface area (Å²) in [4.78, 5) is 0. The summed E-state index contributed by atoms with van der Waals surface area (Å²) in [7, 11) is -3.09. The minimum Gasteiger partial charge on any atom is -0.296 e. The van der Waals surface area contributed by atoms with Crippen molar-refractivity contribution in [3.63, 3.8) is 0 Å². The van der Waals surface area contributed by atoms with Crippen molar-refractivity contribution in [2.24, 2.45) is 0 Å². The lowest BCUT2D eigenvalue weighted by atomic mass is 9.99. The van der Waals surface area contributed by atoms with Crippen LogP contribution in [0.5, 0.6) is 0 Å². The van der Waals surface area contributed by atoms with E-state index in [0.717, 1.165) is 29.0 Å². The second-order valence-corrected chi connectivity index (χ2v) is 10.0. The summed E-state index contributed by atoms with van der Waals surface area (Å²) in [5.74, 6) is 6.77. The highest BCUT2D eigenvalue weighted by molar-refractivity contribution is 7.76. The molecule has 0 bridgehead atoms. The molecular weight excluding hydrogens is 385 g/mol. The molecule has 4 rings (SSSR count). The SMILES string of the molecule is O=P(N[C@H](C#CC1=CCCCC1)c1ccccc1)(c1ccccc1)c1ccccc1. The molecule has 0 spiro atoms. The van der Waals surface area contributed by atoms with Crippen molar-refractivity contribution in [1.29, 1.82) is 0 Å². The van der Waals surface area contributed by atoms with E-state index in [-0.39, 0.29) is 6.04 Å². The van der Waals surface area contributed by atoms with E-state index in [1.165, 1.54) is 18.4 Å². The van der Waals surface area contributed by atoms with Gasteiger partial charge in [0.05, 0.1) is 0 Å². The first-order chi connectivity index (χ1) is 14.8. The van der Waals surface area contributed by atoms with Crippen LogP contribution in [-0.4, -0.2) is 0 Å². The molecule has 0 saturated carbocycles. The van der Waals surface area contributed by atoms with Crippen molar-refractivity contribution in [2.45, 2.75) is 31.7 Å². The van der Waals surface area contributed by atoms with Crippen LogP contribution in [-0.2, 0) is 4.57 Å². The zero-order valence-corrected chi connectivity index (χ0v) is 17.9. The molecule has 0 fully saturated rings. The average Bonchev–Trinajstić information content (AvgIpc) is 2.84. The van der Waals surface area contributed by atoms with Crippen LogP contribution in [0, 0.1) is 11.8 Å². The quantitative estimate of drug-likeness (QED) is 0.428. The molecule has 1 N–H and O–H groups in total. The van der Waals surface area contributed by atoms with Gasteiger partial charge < -0.3 is 0 Å². The molecule has 1 aliphatic carbocycles. The van der Waals surface area contributed by atoms with E-state index in [4.69, 9.17) is 0 Å². The third-order valence-electron chi connectivity index (χ3n) is 5.35. The standard InChI is InChI=1S/C27H26NOP/c29-30(25-17-9-3-10-18-25,26-19-11-4-12-20-26)28-27(24-15-7-2-8-16-24)22-21-23-13-5-1-6-14-23/h2-4,7-13,15-20,27H,1,5-6,14H2,(H,28,29)/t27-/m1/s1. The minimum absolute atomic E-state index is 0.333. The third-order valence-corrected chi connectivity index (χ3v) is 8.02. The van der Waals surface area contributed by atoms with E-state index < -0.39 is 7.29 Å². The summed E-state index contributed by atoms with van der Waals surface area (Å²) >= 11 is 0. The number of nitrogens with one attached hydrogen (secondary N) is 1. The zero-order chi connectivity index (χ0) is 20.7. The van der Waals surface area contributed by atoms with Crippen LogP contribution in [0.3, 0.4) is 0 Å². The lowest BCUT2D eigenvalue weighted by Crippen LogP contribution is -2.30. The maximum atomic E-state index is 14.5. The summed E-state index contributed by atoms with van der Waals surface area (Å²) in [6.45, 7) is 0. The Morgan fingerprint density at radius 2 is 1.33 bits per heavy atom. The predicted octanol–water partition coefficient (Wildman–Crippen LogP) is 5.75. The molecule has 30 heavy (non-hydrogen) atoms. The summed E-state index contributed by atoms with van der Waals surface area (Å²) < 4.78 is 14.5. The molecule has 150 valence electrons. The Bertz CT molecular complexity index is 1050. The van der Waals surface area contributed by atoms with Crippen molar-refractivity contribution in [3.05, 3.63) is 108 Å². The normalized spacial score (nSPS) is 14.9. The maximum absolute atomic E-state index is 14.5. The summed E-state index contributed by atoms with van der Waals surface area (Å²) in [6.07, 6.45) is 6.80. The van der Waals surface area contributed by atoms with Gasteiger partial charge in [-0.3, -0.25) is 4.57 Å². The lowest BCUT2D eigenvalue weighted by Gasteiger charge is -2.24. The monoisotopic (exact) mass is 411 g/mol. The van der Waals surface area contributed by atoms with Gasteiger partial charge in [0.25, 0.3) is 0 Å². The van der Waals surface area contributed by atoms with Crippen LogP contribution in [0.25, 0.3) is 0 Å². The zero-order valence-electron chi connectivity index (χ0n) is 17.0. The average molecular weight is 411 g/mol.